The molecule has 0 bridgehead atoms. The minimum absolute atomic E-state index is 0.00697. The summed E-state index contributed by atoms with van der Waals surface area (Å²) in [6.45, 7) is 5.65. The Hall–Kier alpha value is -0.870. The maximum absolute atomic E-state index is 11.9. The lowest BCUT2D eigenvalue weighted by atomic mass is 10.0. The van der Waals surface area contributed by atoms with Crippen molar-refractivity contribution in [1.29, 1.82) is 0 Å². The molecule has 0 fully saturated rings. The van der Waals surface area contributed by atoms with E-state index >= 15 is 0 Å². The van der Waals surface area contributed by atoms with Crippen LogP contribution in [0.4, 0.5) is 0 Å². The monoisotopic (exact) mass is 298 g/mol. The Morgan fingerprint density at radius 1 is 1.35 bits per heavy atom. The summed E-state index contributed by atoms with van der Waals surface area (Å²) in [6.07, 6.45) is 0. The van der Waals surface area contributed by atoms with Crippen LogP contribution in [0.25, 0.3) is 0 Å². The van der Waals surface area contributed by atoms with Gasteiger partial charge in [-0.3, -0.25) is 4.79 Å². The lowest BCUT2D eigenvalue weighted by molar-refractivity contribution is -0.125. The summed E-state index contributed by atoms with van der Waals surface area (Å²) in [5.41, 5.74) is 6.78. The highest BCUT2D eigenvalue weighted by Crippen LogP contribution is 2.18. The van der Waals surface area contributed by atoms with E-state index in [-0.39, 0.29) is 23.9 Å². The van der Waals surface area contributed by atoms with Gasteiger partial charge in [-0.05, 0) is 31.5 Å². The van der Waals surface area contributed by atoms with Crippen molar-refractivity contribution in [2.45, 2.75) is 32.9 Å². The molecule has 17 heavy (non-hydrogen) atoms. The van der Waals surface area contributed by atoms with Crippen molar-refractivity contribution in [1.82, 2.24) is 5.32 Å². The molecule has 0 saturated heterocycles. The predicted octanol–water partition coefficient (Wildman–Crippen LogP) is 2.61. The number of nitrogens with one attached hydrogen (secondary N) is 1. The first kappa shape index (κ1) is 14.2. The number of hydrogen-bond donors (Lipinski definition) is 2. The smallest absolute Gasteiger partial charge is 0.224 e. The van der Waals surface area contributed by atoms with Crippen molar-refractivity contribution in [2.75, 3.05) is 0 Å². The first-order chi connectivity index (χ1) is 7.91. The summed E-state index contributed by atoms with van der Waals surface area (Å²) in [5.74, 6) is -0.183. The van der Waals surface area contributed by atoms with Gasteiger partial charge < -0.3 is 11.1 Å². The van der Waals surface area contributed by atoms with Crippen LogP contribution in [0.3, 0.4) is 0 Å². The standard InChI is InChI=1S/C13H19BrN2O/c1-8(9(2)15)13(17)16-10(3)11-5-4-6-12(14)7-11/h4-10H,15H2,1-3H3,(H,16,17)/t8?,9?,10-/m1/s1. The molecule has 4 heteroatoms. The molecule has 0 spiro atoms. The molecule has 0 radical (unpaired) electrons. The summed E-state index contributed by atoms with van der Waals surface area (Å²) in [7, 11) is 0. The fourth-order valence-electron chi connectivity index (χ4n) is 1.44. The molecule has 0 saturated carbocycles. The highest BCUT2D eigenvalue weighted by Gasteiger charge is 2.19. The fraction of sp³-hybridized carbons (Fsp3) is 0.462. The van der Waals surface area contributed by atoms with Crippen LogP contribution in [0.2, 0.25) is 0 Å². The number of hydrogen-bond acceptors (Lipinski definition) is 2. The van der Waals surface area contributed by atoms with Gasteiger partial charge in [-0.1, -0.05) is 35.0 Å². The number of rotatable bonds is 4. The van der Waals surface area contributed by atoms with E-state index in [1.807, 2.05) is 45.0 Å². The summed E-state index contributed by atoms with van der Waals surface area (Å²) in [4.78, 5) is 11.9. The van der Waals surface area contributed by atoms with Crippen molar-refractivity contribution < 1.29 is 4.79 Å². The summed E-state index contributed by atoms with van der Waals surface area (Å²) >= 11 is 3.42. The van der Waals surface area contributed by atoms with Gasteiger partial charge >= 0.3 is 0 Å². The normalized spacial score (nSPS) is 16.1. The molecule has 94 valence electrons. The van der Waals surface area contributed by atoms with Gasteiger partial charge in [0.15, 0.2) is 0 Å². The van der Waals surface area contributed by atoms with E-state index in [1.54, 1.807) is 0 Å². The molecular weight excluding hydrogens is 280 g/mol. The number of carbonyl (C=O) groups is 1. The van der Waals surface area contributed by atoms with Crippen LogP contribution in [0, 0.1) is 5.92 Å². The molecular formula is C13H19BrN2O. The average Bonchev–Trinajstić information content (AvgIpc) is 2.27. The van der Waals surface area contributed by atoms with Gasteiger partial charge in [-0.2, -0.15) is 0 Å². The molecule has 3 atom stereocenters. The van der Waals surface area contributed by atoms with E-state index in [2.05, 4.69) is 21.2 Å². The number of amides is 1. The summed E-state index contributed by atoms with van der Waals surface area (Å²) < 4.78 is 1.01. The average molecular weight is 299 g/mol. The van der Waals surface area contributed by atoms with Gasteiger partial charge in [-0.15, -0.1) is 0 Å². The van der Waals surface area contributed by atoms with E-state index in [1.165, 1.54) is 0 Å². The van der Waals surface area contributed by atoms with Crippen molar-refractivity contribution in [3.8, 4) is 0 Å². The van der Waals surface area contributed by atoms with Gasteiger partial charge in [0.1, 0.15) is 0 Å². The van der Waals surface area contributed by atoms with Gasteiger partial charge in [0, 0.05) is 16.4 Å². The van der Waals surface area contributed by atoms with Crippen LogP contribution in [-0.2, 0) is 4.79 Å². The third-order valence-corrected chi connectivity index (χ3v) is 3.40. The minimum Gasteiger partial charge on any atom is -0.349 e. The molecule has 0 aliphatic carbocycles. The van der Waals surface area contributed by atoms with Crippen molar-refractivity contribution in [3.63, 3.8) is 0 Å². The Balaban J connectivity index is 2.66. The second-order valence-electron chi connectivity index (χ2n) is 4.43. The van der Waals surface area contributed by atoms with Crippen molar-refractivity contribution >= 4 is 21.8 Å². The van der Waals surface area contributed by atoms with Crippen LogP contribution in [-0.4, -0.2) is 11.9 Å². The first-order valence-electron chi connectivity index (χ1n) is 5.73. The molecule has 1 amide bonds. The maximum Gasteiger partial charge on any atom is 0.224 e. The highest BCUT2D eigenvalue weighted by molar-refractivity contribution is 9.10. The number of carbonyl (C=O) groups excluding carboxylic acids is 1. The molecule has 1 rings (SSSR count). The topological polar surface area (TPSA) is 55.1 Å². The molecule has 0 aliphatic rings. The lowest BCUT2D eigenvalue weighted by Crippen LogP contribution is -2.39. The molecule has 0 aromatic heterocycles. The number of benzene rings is 1. The quantitative estimate of drug-likeness (QED) is 0.898. The Bertz CT molecular complexity index is 393. The zero-order valence-electron chi connectivity index (χ0n) is 10.4. The number of nitrogens with two attached hydrogens (primary N) is 1. The van der Waals surface area contributed by atoms with Gasteiger partial charge in [0.2, 0.25) is 5.91 Å². The minimum atomic E-state index is -0.176. The molecule has 1 aromatic rings. The molecule has 0 aliphatic heterocycles. The zero-order chi connectivity index (χ0) is 13.0. The highest BCUT2D eigenvalue weighted by atomic mass is 79.9. The lowest BCUT2D eigenvalue weighted by Gasteiger charge is -2.20. The van der Waals surface area contributed by atoms with E-state index in [9.17, 15) is 4.79 Å². The van der Waals surface area contributed by atoms with Crippen LogP contribution in [0.5, 0.6) is 0 Å². The Morgan fingerprint density at radius 3 is 2.53 bits per heavy atom. The second kappa shape index (κ2) is 6.17. The zero-order valence-corrected chi connectivity index (χ0v) is 12.0. The van der Waals surface area contributed by atoms with Crippen molar-refractivity contribution in [3.05, 3.63) is 34.3 Å². The third kappa shape index (κ3) is 4.13. The van der Waals surface area contributed by atoms with E-state index in [0.717, 1.165) is 10.0 Å². The summed E-state index contributed by atoms with van der Waals surface area (Å²) in [6, 6.07) is 7.76. The molecule has 2 unspecified atom stereocenters. The van der Waals surface area contributed by atoms with Crippen LogP contribution in [0.1, 0.15) is 32.4 Å². The van der Waals surface area contributed by atoms with E-state index in [0.29, 0.717) is 0 Å². The van der Waals surface area contributed by atoms with Crippen LogP contribution >= 0.6 is 15.9 Å². The van der Waals surface area contributed by atoms with Crippen LogP contribution < -0.4 is 11.1 Å². The van der Waals surface area contributed by atoms with E-state index < -0.39 is 0 Å². The van der Waals surface area contributed by atoms with Gasteiger partial charge in [-0.25, -0.2) is 0 Å². The van der Waals surface area contributed by atoms with E-state index in [4.69, 9.17) is 5.73 Å². The second-order valence-corrected chi connectivity index (χ2v) is 5.35. The third-order valence-electron chi connectivity index (χ3n) is 2.91. The van der Waals surface area contributed by atoms with Gasteiger partial charge in [0.25, 0.3) is 0 Å². The van der Waals surface area contributed by atoms with Gasteiger partial charge in [0.05, 0.1) is 6.04 Å². The Morgan fingerprint density at radius 2 is 2.00 bits per heavy atom. The maximum atomic E-state index is 11.9. The number of halogens is 1. The van der Waals surface area contributed by atoms with Crippen LogP contribution in [0.15, 0.2) is 28.7 Å². The summed E-state index contributed by atoms with van der Waals surface area (Å²) in [5, 5.41) is 2.96. The SMILES string of the molecule is CC(N)C(C)C(=O)N[C@H](C)c1cccc(Br)c1. The Kier molecular flexibility index (Phi) is 5.15. The van der Waals surface area contributed by atoms with Crippen molar-refractivity contribution in [2.24, 2.45) is 11.7 Å². The fourth-order valence-corrected chi connectivity index (χ4v) is 1.86. The molecule has 1 aromatic carbocycles. The predicted molar refractivity (Wildman–Crippen MR) is 73.5 cm³/mol. The molecule has 0 heterocycles. The first-order valence-corrected chi connectivity index (χ1v) is 6.52. The Labute approximate surface area is 111 Å². The molecule has 3 N–H and O–H groups in total. The molecule has 3 nitrogen and oxygen atoms in total. The largest absolute Gasteiger partial charge is 0.349 e.